The van der Waals surface area contributed by atoms with E-state index >= 15 is 0 Å². The maximum atomic E-state index is 13.2. The maximum Gasteiger partial charge on any atom is 0.387 e. The van der Waals surface area contributed by atoms with E-state index in [0.29, 0.717) is 30.2 Å². The molecular formula is C30H34F2N6O3. The number of aryl methyl sites for hydroxylation is 1. The van der Waals surface area contributed by atoms with Gasteiger partial charge in [0.05, 0.1) is 24.1 Å². The molecule has 11 heteroatoms. The zero-order chi connectivity index (χ0) is 29.1. The Morgan fingerprint density at radius 3 is 2.68 bits per heavy atom. The van der Waals surface area contributed by atoms with Gasteiger partial charge in [0.1, 0.15) is 5.75 Å². The van der Waals surface area contributed by atoms with Gasteiger partial charge in [-0.1, -0.05) is 0 Å². The molecule has 216 valence electrons. The number of hydrogen-bond acceptors (Lipinski definition) is 7. The summed E-state index contributed by atoms with van der Waals surface area (Å²) in [6.07, 6.45) is 5.14. The zero-order valence-corrected chi connectivity index (χ0v) is 23.6. The van der Waals surface area contributed by atoms with Crippen LogP contribution in [0.2, 0.25) is 0 Å². The number of fused-ring (bicyclic) bond motifs is 1. The lowest BCUT2D eigenvalue weighted by atomic mass is 10.1. The fraction of sp³-hybridized carbons (Fsp3) is 0.367. The van der Waals surface area contributed by atoms with Crippen molar-refractivity contribution >= 4 is 23.1 Å². The number of alkyl halides is 2. The molecule has 1 aliphatic rings. The summed E-state index contributed by atoms with van der Waals surface area (Å²) in [5, 5.41) is 3.31. The van der Waals surface area contributed by atoms with Gasteiger partial charge in [-0.15, -0.1) is 0 Å². The highest BCUT2D eigenvalue weighted by molar-refractivity contribution is 5.96. The first kappa shape index (κ1) is 28.4. The SMILES string of the molecule is Cc1cc(Nc2nccn3c(-c4ccc(OC(F)F)cc4)cnc23)ccc1C(=O)N(C)CCN1CCOC(C)(C)C1. The normalized spacial score (nSPS) is 15.3. The van der Waals surface area contributed by atoms with E-state index in [1.807, 2.05) is 36.6 Å². The summed E-state index contributed by atoms with van der Waals surface area (Å²) < 4.78 is 37.1. The van der Waals surface area contributed by atoms with Crippen molar-refractivity contribution in [3.8, 4) is 17.0 Å². The molecule has 1 amide bonds. The second-order valence-corrected chi connectivity index (χ2v) is 10.8. The number of benzene rings is 2. The number of rotatable bonds is 9. The number of likely N-dealkylation sites (N-methyl/N-ethyl adjacent to an activating group) is 1. The number of anilines is 2. The van der Waals surface area contributed by atoms with Crippen LogP contribution in [-0.2, 0) is 4.74 Å². The molecule has 1 saturated heterocycles. The summed E-state index contributed by atoms with van der Waals surface area (Å²) in [7, 11) is 1.83. The number of ether oxygens (including phenoxy) is 2. The third-order valence-electron chi connectivity index (χ3n) is 7.13. The third kappa shape index (κ3) is 6.63. The average molecular weight is 565 g/mol. The van der Waals surface area contributed by atoms with Crippen LogP contribution in [-0.4, -0.2) is 82.1 Å². The Morgan fingerprint density at radius 1 is 1.20 bits per heavy atom. The predicted octanol–water partition coefficient (Wildman–Crippen LogP) is 5.23. The van der Waals surface area contributed by atoms with E-state index in [2.05, 4.69) is 38.8 Å². The lowest BCUT2D eigenvalue weighted by Gasteiger charge is -2.38. The van der Waals surface area contributed by atoms with Gasteiger partial charge in [-0.2, -0.15) is 8.78 Å². The maximum absolute atomic E-state index is 13.2. The summed E-state index contributed by atoms with van der Waals surface area (Å²) in [5.41, 5.74) is 4.26. The topological polar surface area (TPSA) is 84.2 Å². The van der Waals surface area contributed by atoms with Crippen molar-refractivity contribution in [2.75, 3.05) is 45.2 Å². The summed E-state index contributed by atoms with van der Waals surface area (Å²) in [6.45, 7) is 7.05. The Hall–Kier alpha value is -4.09. The molecule has 0 unspecified atom stereocenters. The first-order chi connectivity index (χ1) is 19.6. The molecule has 0 bridgehead atoms. The third-order valence-corrected chi connectivity index (χ3v) is 7.13. The van der Waals surface area contributed by atoms with Crippen molar-refractivity contribution in [1.29, 1.82) is 0 Å². The van der Waals surface area contributed by atoms with E-state index in [9.17, 15) is 13.6 Å². The monoisotopic (exact) mass is 564 g/mol. The molecule has 9 nitrogen and oxygen atoms in total. The van der Waals surface area contributed by atoms with Crippen LogP contribution in [0.4, 0.5) is 20.3 Å². The number of nitrogens with one attached hydrogen (secondary N) is 1. The van der Waals surface area contributed by atoms with Crippen LogP contribution in [0.5, 0.6) is 5.75 Å². The van der Waals surface area contributed by atoms with E-state index in [1.54, 1.807) is 35.6 Å². The van der Waals surface area contributed by atoms with Gasteiger partial charge in [-0.05, 0) is 68.8 Å². The fourth-order valence-electron chi connectivity index (χ4n) is 5.05. The minimum atomic E-state index is -2.87. The van der Waals surface area contributed by atoms with Gasteiger partial charge in [-0.3, -0.25) is 14.1 Å². The van der Waals surface area contributed by atoms with Crippen LogP contribution >= 0.6 is 0 Å². The van der Waals surface area contributed by atoms with Gasteiger partial charge in [0.2, 0.25) is 0 Å². The van der Waals surface area contributed by atoms with Crippen molar-refractivity contribution < 1.29 is 23.0 Å². The minimum absolute atomic E-state index is 0.0235. The number of aromatic nitrogens is 3. The molecule has 0 spiro atoms. The molecule has 0 aliphatic carbocycles. The first-order valence-electron chi connectivity index (χ1n) is 13.5. The number of carbonyl (C=O) groups is 1. The molecule has 41 heavy (non-hydrogen) atoms. The summed E-state index contributed by atoms with van der Waals surface area (Å²) in [6, 6.07) is 12.0. The van der Waals surface area contributed by atoms with Gasteiger partial charge in [0.25, 0.3) is 5.91 Å². The van der Waals surface area contributed by atoms with E-state index < -0.39 is 6.61 Å². The Bertz CT molecular complexity index is 1520. The number of carbonyl (C=O) groups excluding carboxylic acids is 1. The number of halogens is 2. The van der Waals surface area contributed by atoms with Gasteiger partial charge < -0.3 is 19.7 Å². The molecule has 1 aliphatic heterocycles. The molecule has 2 aromatic carbocycles. The summed E-state index contributed by atoms with van der Waals surface area (Å²) >= 11 is 0. The highest BCUT2D eigenvalue weighted by Crippen LogP contribution is 2.28. The second-order valence-electron chi connectivity index (χ2n) is 10.8. The number of hydrogen-bond donors (Lipinski definition) is 1. The largest absolute Gasteiger partial charge is 0.435 e. The molecule has 0 saturated carbocycles. The molecule has 0 atom stereocenters. The molecular weight excluding hydrogens is 530 g/mol. The number of imidazole rings is 1. The smallest absolute Gasteiger partial charge is 0.387 e. The van der Waals surface area contributed by atoms with Gasteiger partial charge in [0, 0.05) is 62.4 Å². The standard InChI is InChI=1S/C30H34F2N6O3/c1-20-17-22(7-10-24(20)28(39)36(4)13-14-37-15-16-40-30(2,3)19-37)35-26-27-34-18-25(38(27)12-11-33-26)21-5-8-23(9-6-21)41-29(31)32/h5-12,17-18,29H,13-16,19H2,1-4H3,(H,33,35). The van der Waals surface area contributed by atoms with Gasteiger partial charge >= 0.3 is 6.61 Å². The van der Waals surface area contributed by atoms with Crippen LogP contribution in [0.3, 0.4) is 0 Å². The molecule has 4 aromatic rings. The minimum Gasteiger partial charge on any atom is -0.435 e. The van der Waals surface area contributed by atoms with Crippen LogP contribution in [0.25, 0.3) is 16.9 Å². The highest BCUT2D eigenvalue weighted by atomic mass is 19.3. The lowest BCUT2D eigenvalue weighted by molar-refractivity contribution is -0.0864. The predicted molar refractivity (Wildman–Crippen MR) is 153 cm³/mol. The zero-order valence-electron chi connectivity index (χ0n) is 23.6. The Morgan fingerprint density at radius 2 is 1.98 bits per heavy atom. The Kier molecular flexibility index (Phi) is 8.18. The highest BCUT2D eigenvalue weighted by Gasteiger charge is 2.27. The van der Waals surface area contributed by atoms with Crippen molar-refractivity contribution in [2.45, 2.75) is 33.0 Å². The van der Waals surface area contributed by atoms with Crippen LogP contribution in [0.1, 0.15) is 29.8 Å². The molecule has 2 aromatic heterocycles. The number of amides is 1. The van der Waals surface area contributed by atoms with Crippen molar-refractivity contribution in [2.24, 2.45) is 0 Å². The summed E-state index contributed by atoms with van der Waals surface area (Å²) in [5.74, 6) is 0.608. The van der Waals surface area contributed by atoms with Crippen LogP contribution in [0, 0.1) is 6.92 Å². The van der Waals surface area contributed by atoms with Crippen molar-refractivity contribution in [3.63, 3.8) is 0 Å². The van der Waals surface area contributed by atoms with E-state index in [1.165, 1.54) is 12.1 Å². The van der Waals surface area contributed by atoms with E-state index in [0.717, 1.165) is 42.1 Å². The molecule has 0 radical (unpaired) electrons. The molecule has 1 N–H and O–H groups in total. The average Bonchev–Trinajstić information content (AvgIpc) is 3.36. The van der Waals surface area contributed by atoms with Crippen LogP contribution in [0.15, 0.2) is 61.1 Å². The van der Waals surface area contributed by atoms with Gasteiger partial charge in [0.15, 0.2) is 11.5 Å². The molecule has 1 fully saturated rings. The van der Waals surface area contributed by atoms with Crippen molar-refractivity contribution in [1.82, 2.24) is 24.2 Å². The number of nitrogens with zero attached hydrogens (tertiary/aromatic N) is 5. The Labute approximate surface area is 237 Å². The lowest BCUT2D eigenvalue weighted by Crippen LogP contribution is -2.50. The Balaban J connectivity index is 1.27. The van der Waals surface area contributed by atoms with Crippen LogP contribution < -0.4 is 10.1 Å². The number of morpholine rings is 1. The quantitative estimate of drug-likeness (QED) is 0.298. The van der Waals surface area contributed by atoms with Gasteiger partial charge in [-0.25, -0.2) is 9.97 Å². The summed E-state index contributed by atoms with van der Waals surface area (Å²) in [4.78, 5) is 26.3. The molecule has 5 rings (SSSR count). The van der Waals surface area contributed by atoms with Crippen molar-refractivity contribution in [3.05, 3.63) is 72.2 Å². The van der Waals surface area contributed by atoms with E-state index in [4.69, 9.17) is 4.74 Å². The second kappa shape index (κ2) is 11.8. The first-order valence-corrected chi connectivity index (χ1v) is 13.5. The molecule has 3 heterocycles. The van der Waals surface area contributed by atoms with E-state index in [-0.39, 0.29) is 17.3 Å². The fourth-order valence-corrected chi connectivity index (χ4v) is 5.05.